The van der Waals surface area contributed by atoms with Crippen molar-refractivity contribution in [1.29, 1.82) is 0 Å². The van der Waals surface area contributed by atoms with Gasteiger partial charge in [-0.05, 0) is 37.0 Å². The van der Waals surface area contributed by atoms with Crippen molar-refractivity contribution in [1.82, 2.24) is 21.1 Å². The average molecular weight is 391 g/mol. The Bertz CT molecular complexity index is 745. The standard InChI is InChI=1S/C19H23ClN4OS/c20-17-7-6-16(26-17)19(25)21-14-8-10-24(11-9-14)18-12-15(22-23-18)13-4-2-1-3-5-13/h1-7,14-15,18,22-23H,8-12H2,(H,21,25). The minimum absolute atomic E-state index is 0.00912. The molecule has 0 spiro atoms. The summed E-state index contributed by atoms with van der Waals surface area (Å²) in [4.78, 5) is 15.4. The summed E-state index contributed by atoms with van der Waals surface area (Å²) in [6.45, 7) is 1.97. The summed E-state index contributed by atoms with van der Waals surface area (Å²) in [6.07, 6.45) is 3.33. The Balaban J connectivity index is 1.26. The average Bonchev–Trinajstić information content (AvgIpc) is 3.32. The van der Waals surface area contributed by atoms with Gasteiger partial charge in [-0.3, -0.25) is 9.69 Å². The number of thiophene rings is 1. The lowest BCUT2D eigenvalue weighted by molar-refractivity contribution is 0.0884. The van der Waals surface area contributed by atoms with Crippen LogP contribution in [0.25, 0.3) is 0 Å². The van der Waals surface area contributed by atoms with Gasteiger partial charge in [0.15, 0.2) is 0 Å². The van der Waals surface area contributed by atoms with Crippen molar-refractivity contribution in [3.05, 3.63) is 57.2 Å². The molecule has 0 aliphatic carbocycles. The highest BCUT2D eigenvalue weighted by atomic mass is 35.5. The Hall–Kier alpha value is -1.44. The first kappa shape index (κ1) is 17.9. The molecule has 1 aromatic carbocycles. The quantitative estimate of drug-likeness (QED) is 0.750. The van der Waals surface area contributed by atoms with E-state index in [1.54, 1.807) is 12.1 Å². The molecular weight excluding hydrogens is 368 g/mol. The smallest absolute Gasteiger partial charge is 0.261 e. The molecule has 2 fully saturated rings. The lowest BCUT2D eigenvalue weighted by Gasteiger charge is -2.35. The highest BCUT2D eigenvalue weighted by molar-refractivity contribution is 7.18. The second kappa shape index (κ2) is 8.06. The molecule has 1 aromatic heterocycles. The van der Waals surface area contributed by atoms with Gasteiger partial charge in [-0.2, -0.15) is 0 Å². The van der Waals surface area contributed by atoms with Crippen LogP contribution in [0.4, 0.5) is 0 Å². The molecule has 138 valence electrons. The maximum Gasteiger partial charge on any atom is 0.261 e. The first-order valence-electron chi connectivity index (χ1n) is 9.05. The SMILES string of the molecule is O=C(NC1CCN(C2CC(c3ccccc3)NN2)CC1)c1ccc(Cl)s1. The minimum atomic E-state index is -0.00912. The molecule has 2 aliphatic heterocycles. The monoisotopic (exact) mass is 390 g/mol. The fourth-order valence-electron chi connectivity index (χ4n) is 3.73. The van der Waals surface area contributed by atoms with E-state index in [0.29, 0.717) is 21.4 Å². The van der Waals surface area contributed by atoms with Crippen molar-refractivity contribution in [2.24, 2.45) is 0 Å². The van der Waals surface area contributed by atoms with Crippen LogP contribution in [-0.2, 0) is 0 Å². The number of hydrogen-bond acceptors (Lipinski definition) is 5. The van der Waals surface area contributed by atoms with Gasteiger partial charge in [0.25, 0.3) is 5.91 Å². The molecule has 2 aliphatic rings. The van der Waals surface area contributed by atoms with E-state index in [9.17, 15) is 4.79 Å². The molecule has 3 heterocycles. The predicted molar refractivity (Wildman–Crippen MR) is 105 cm³/mol. The van der Waals surface area contributed by atoms with Gasteiger partial charge in [-0.15, -0.1) is 11.3 Å². The van der Waals surface area contributed by atoms with E-state index in [-0.39, 0.29) is 11.9 Å². The summed E-state index contributed by atoms with van der Waals surface area (Å²) >= 11 is 7.24. The summed E-state index contributed by atoms with van der Waals surface area (Å²) in [5.74, 6) is -0.00912. The number of hydrogen-bond donors (Lipinski definition) is 3. The van der Waals surface area contributed by atoms with Gasteiger partial charge in [-0.25, -0.2) is 10.9 Å². The Morgan fingerprint density at radius 2 is 1.88 bits per heavy atom. The number of piperidine rings is 1. The summed E-state index contributed by atoms with van der Waals surface area (Å²) in [5.41, 5.74) is 8.17. The lowest BCUT2D eigenvalue weighted by atomic mass is 10.0. The van der Waals surface area contributed by atoms with Gasteiger partial charge in [0.05, 0.1) is 15.4 Å². The van der Waals surface area contributed by atoms with E-state index in [0.717, 1.165) is 32.4 Å². The number of nitrogens with zero attached hydrogens (tertiary/aromatic N) is 1. The van der Waals surface area contributed by atoms with Crippen LogP contribution in [0.2, 0.25) is 4.34 Å². The number of amides is 1. The largest absolute Gasteiger partial charge is 0.349 e. The Kier molecular flexibility index (Phi) is 5.57. The summed E-state index contributed by atoms with van der Waals surface area (Å²) in [5, 5.41) is 3.14. The van der Waals surface area contributed by atoms with E-state index in [1.807, 2.05) is 6.07 Å². The predicted octanol–water partition coefficient (Wildman–Crippen LogP) is 3.16. The molecule has 2 saturated heterocycles. The van der Waals surface area contributed by atoms with Gasteiger partial charge in [0.2, 0.25) is 0 Å². The fraction of sp³-hybridized carbons (Fsp3) is 0.421. The van der Waals surface area contributed by atoms with E-state index in [2.05, 4.69) is 45.3 Å². The molecule has 26 heavy (non-hydrogen) atoms. The van der Waals surface area contributed by atoms with Crippen LogP contribution in [0.1, 0.15) is 40.5 Å². The van der Waals surface area contributed by atoms with Gasteiger partial charge in [-0.1, -0.05) is 41.9 Å². The van der Waals surface area contributed by atoms with E-state index in [4.69, 9.17) is 11.6 Å². The third kappa shape index (κ3) is 4.10. The highest BCUT2D eigenvalue weighted by Gasteiger charge is 2.32. The highest BCUT2D eigenvalue weighted by Crippen LogP contribution is 2.26. The van der Waals surface area contributed by atoms with Gasteiger partial charge >= 0.3 is 0 Å². The van der Waals surface area contributed by atoms with Gasteiger partial charge in [0.1, 0.15) is 0 Å². The van der Waals surface area contributed by atoms with Crippen LogP contribution in [0.5, 0.6) is 0 Å². The molecule has 0 saturated carbocycles. The molecule has 0 radical (unpaired) electrons. The molecule has 3 N–H and O–H groups in total. The number of halogens is 1. The van der Waals surface area contributed by atoms with Crippen molar-refractivity contribution in [2.75, 3.05) is 13.1 Å². The zero-order valence-electron chi connectivity index (χ0n) is 14.5. The normalized spacial score (nSPS) is 24.7. The van der Waals surface area contributed by atoms with Crippen LogP contribution >= 0.6 is 22.9 Å². The third-order valence-corrected chi connectivity index (χ3v) is 6.42. The molecule has 2 atom stereocenters. The number of hydrazine groups is 1. The number of likely N-dealkylation sites (tertiary alicyclic amines) is 1. The van der Waals surface area contributed by atoms with Crippen LogP contribution in [0, 0.1) is 0 Å². The number of benzene rings is 1. The Morgan fingerprint density at radius 3 is 2.58 bits per heavy atom. The molecule has 5 nitrogen and oxygen atoms in total. The van der Waals surface area contributed by atoms with Gasteiger partial charge in [0, 0.05) is 25.2 Å². The zero-order valence-corrected chi connectivity index (χ0v) is 16.0. The number of carbonyl (C=O) groups excluding carboxylic acids is 1. The Labute approximate surface area is 162 Å². The van der Waals surface area contributed by atoms with Crippen molar-refractivity contribution in [3.8, 4) is 0 Å². The first-order valence-corrected chi connectivity index (χ1v) is 10.2. The van der Waals surface area contributed by atoms with Crippen LogP contribution in [0.15, 0.2) is 42.5 Å². The molecule has 4 rings (SSSR count). The van der Waals surface area contributed by atoms with E-state index < -0.39 is 0 Å². The summed E-state index contributed by atoms with van der Waals surface area (Å²) < 4.78 is 0.651. The first-order chi connectivity index (χ1) is 12.7. The molecular formula is C19H23ClN4OS. The number of nitrogens with one attached hydrogen (secondary N) is 3. The fourth-order valence-corrected chi connectivity index (χ4v) is 4.68. The second-order valence-electron chi connectivity index (χ2n) is 6.89. The second-order valence-corrected chi connectivity index (χ2v) is 8.61. The van der Waals surface area contributed by atoms with Gasteiger partial charge < -0.3 is 5.32 Å². The summed E-state index contributed by atoms with van der Waals surface area (Å²) in [7, 11) is 0. The molecule has 2 unspecified atom stereocenters. The zero-order chi connectivity index (χ0) is 17.9. The minimum Gasteiger partial charge on any atom is -0.349 e. The summed E-state index contributed by atoms with van der Waals surface area (Å²) in [6, 6.07) is 14.7. The number of carbonyl (C=O) groups is 1. The van der Waals surface area contributed by atoms with E-state index >= 15 is 0 Å². The van der Waals surface area contributed by atoms with Crippen molar-refractivity contribution in [2.45, 2.75) is 37.5 Å². The third-order valence-electron chi connectivity index (χ3n) is 5.19. The van der Waals surface area contributed by atoms with Crippen LogP contribution < -0.4 is 16.2 Å². The molecule has 0 bridgehead atoms. The van der Waals surface area contributed by atoms with Crippen molar-refractivity contribution >= 4 is 28.8 Å². The lowest BCUT2D eigenvalue weighted by Crippen LogP contribution is -2.51. The van der Waals surface area contributed by atoms with Crippen molar-refractivity contribution in [3.63, 3.8) is 0 Å². The van der Waals surface area contributed by atoms with E-state index in [1.165, 1.54) is 16.9 Å². The molecule has 2 aromatic rings. The molecule has 7 heteroatoms. The van der Waals surface area contributed by atoms with Crippen LogP contribution in [0.3, 0.4) is 0 Å². The van der Waals surface area contributed by atoms with Crippen LogP contribution in [-0.4, -0.2) is 36.1 Å². The topological polar surface area (TPSA) is 56.4 Å². The maximum atomic E-state index is 12.3. The maximum absolute atomic E-state index is 12.3. The molecule has 1 amide bonds. The Morgan fingerprint density at radius 1 is 1.12 bits per heavy atom. The van der Waals surface area contributed by atoms with Crippen molar-refractivity contribution < 1.29 is 4.79 Å². The number of rotatable bonds is 4.